The molecule has 18 heavy (non-hydrogen) atoms. The lowest BCUT2D eigenvalue weighted by atomic mass is 9.81. The molecule has 1 unspecified atom stereocenters. The van der Waals surface area contributed by atoms with Gasteiger partial charge in [-0.25, -0.2) is 4.79 Å². The summed E-state index contributed by atoms with van der Waals surface area (Å²) in [5.41, 5.74) is -0.999. The molecule has 1 fully saturated rings. The second-order valence-corrected chi connectivity index (χ2v) is 5.59. The van der Waals surface area contributed by atoms with Crippen molar-refractivity contribution in [2.75, 3.05) is 0 Å². The van der Waals surface area contributed by atoms with E-state index in [9.17, 15) is 14.7 Å². The minimum absolute atomic E-state index is 0.111. The lowest BCUT2D eigenvalue weighted by Crippen LogP contribution is -2.55. The molecule has 0 radical (unpaired) electrons. The molecule has 4 nitrogen and oxygen atoms in total. The number of amides is 1. The van der Waals surface area contributed by atoms with Crippen LogP contribution < -0.4 is 5.32 Å². The van der Waals surface area contributed by atoms with Gasteiger partial charge in [0.2, 0.25) is 5.91 Å². The van der Waals surface area contributed by atoms with Crippen molar-refractivity contribution in [3.05, 3.63) is 0 Å². The van der Waals surface area contributed by atoms with Crippen LogP contribution in [0.2, 0.25) is 0 Å². The SMILES string of the molecule is CCCC(C)CC(=O)NC1(C(=O)O)CCCCC1. The van der Waals surface area contributed by atoms with Crippen molar-refractivity contribution in [2.45, 2.75) is 70.8 Å². The zero-order chi connectivity index (χ0) is 13.6. The summed E-state index contributed by atoms with van der Waals surface area (Å²) in [7, 11) is 0. The molecule has 0 saturated heterocycles. The molecule has 0 heterocycles. The van der Waals surface area contributed by atoms with Gasteiger partial charge in [-0.15, -0.1) is 0 Å². The number of carboxylic acids is 1. The number of carboxylic acid groups (broad SMARTS) is 1. The molecule has 1 saturated carbocycles. The Kier molecular flexibility index (Phi) is 5.63. The molecular weight excluding hydrogens is 230 g/mol. The highest BCUT2D eigenvalue weighted by Crippen LogP contribution is 2.28. The fraction of sp³-hybridized carbons (Fsp3) is 0.857. The van der Waals surface area contributed by atoms with E-state index in [4.69, 9.17) is 0 Å². The normalized spacial score (nSPS) is 20.1. The van der Waals surface area contributed by atoms with Gasteiger partial charge in [-0.3, -0.25) is 4.79 Å². The molecule has 0 aromatic carbocycles. The molecular formula is C14H25NO3. The Morgan fingerprint density at radius 1 is 1.28 bits per heavy atom. The predicted molar refractivity (Wildman–Crippen MR) is 70.3 cm³/mol. The van der Waals surface area contributed by atoms with Crippen LogP contribution in [-0.2, 0) is 9.59 Å². The standard InChI is InChI=1S/C14H25NO3/c1-3-7-11(2)10-12(16)15-14(13(17)18)8-5-4-6-9-14/h11H,3-10H2,1-2H3,(H,15,16)(H,17,18). The van der Waals surface area contributed by atoms with Gasteiger partial charge in [-0.05, 0) is 18.8 Å². The third-order valence-electron chi connectivity index (χ3n) is 3.81. The molecule has 2 N–H and O–H groups in total. The van der Waals surface area contributed by atoms with E-state index in [-0.39, 0.29) is 5.91 Å². The fourth-order valence-corrected chi connectivity index (χ4v) is 2.78. The highest BCUT2D eigenvalue weighted by molar-refractivity contribution is 5.87. The first-order valence-corrected chi connectivity index (χ1v) is 7.04. The number of nitrogens with one attached hydrogen (secondary N) is 1. The Morgan fingerprint density at radius 2 is 1.89 bits per heavy atom. The molecule has 104 valence electrons. The number of rotatable bonds is 6. The fourth-order valence-electron chi connectivity index (χ4n) is 2.78. The molecule has 1 aliphatic carbocycles. The van der Waals surface area contributed by atoms with E-state index >= 15 is 0 Å². The van der Waals surface area contributed by atoms with E-state index in [2.05, 4.69) is 12.2 Å². The zero-order valence-corrected chi connectivity index (χ0v) is 11.5. The van der Waals surface area contributed by atoms with Crippen LogP contribution in [0.4, 0.5) is 0 Å². The van der Waals surface area contributed by atoms with Gasteiger partial charge in [0.1, 0.15) is 5.54 Å². The van der Waals surface area contributed by atoms with Crippen LogP contribution in [0.1, 0.15) is 65.2 Å². The smallest absolute Gasteiger partial charge is 0.329 e. The summed E-state index contributed by atoms with van der Waals surface area (Å²) in [6, 6.07) is 0. The maximum atomic E-state index is 11.9. The van der Waals surface area contributed by atoms with Crippen molar-refractivity contribution in [2.24, 2.45) is 5.92 Å². The van der Waals surface area contributed by atoms with Gasteiger partial charge in [0.15, 0.2) is 0 Å². The number of aliphatic carboxylic acids is 1. The summed E-state index contributed by atoms with van der Waals surface area (Å²) in [4.78, 5) is 23.3. The molecule has 1 rings (SSSR count). The Hall–Kier alpha value is -1.06. The quantitative estimate of drug-likeness (QED) is 0.767. The van der Waals surface area contributed by atoms with Gasteiger partial charge < -0.3 is 10.4 Å². The zero-order valence-electron chi connectivity index (χ0n) is 11.5. The van der Waals surface area contributed by atoms with Crippen molar-refractivity contribution in [1.29, 1.82) is 0 Å². The van der Waals surface area contributed by atoms with Gasteiger partial charge in [0, 0.05) is 6.42 Å². The minimum atomic E-state index is -0.999. The molecule has 4 heteroatoms. The number of carbonyl (C=O) groups excluding carboxylic acids is 1. The van der Waals surface area contributed by atoms with Crippen molar-refractivity contribution in [3.63, 3.8) is 0 Å². The predicted octanol–water partition coefficient (Wildman–Crippen LogP) is 2.72. The van der Waals surface area contributed by atoms with Crippen LogP contribution in [0.5, 0.6) is 0 Å². The Morgan fingerprint density at radius 3 is 2.39 bits per heavy atom. The van der Waals surface area contributed by atoms with E-state index in [1.165, 1.54) is 0 Å². The average Bonchev–Trinajstić information content (AvgIpc) is 2.29. The lowest BCUT2D eigenvalue weighted by Gasteiger charge is -2.34. The first-order chi connectivity index (χ1) is 8.50. The molecule has 1 aliphatic rings. The van der Waals surface area contributed by atoms with Crippen LogP contribution in [0, 0.1) is 5.92 Å². The van der Waals surface area contributed by atoms with Gasteiger partial charge in [0.05, 0.1) is 0 Å². The Balaban J connectivity index is 2.55. The van der Waals surface area contributed by atoms with Gasteiger partial charge in [0.25, 0.3) is 0 Å². The highest BCUT2D eigenvalue weighted by atomic mass is 16.4. The first-order valence-electron chi connectivity index (χ1n) is 7.04. The van der Waals surface area contributed by atoms with Crippen LogP contribution in [0.25, 0.3) is 0 Å². The summed E-state index contributed by atoms with van der Waals surface area (Å²) >= 11 is 0. The van der Waals surface area contributed by atoms with Gasteiger partial charge in [-0.2, -0.15) is 0 Å². The molecule has 0 aromatic rings. The maximum absolute atomic E-state index is 11.9. The van der Waals surface area contributed by atoms with Gasteiger partial charge in [-0.1, -0.05) is 46.0 Å². The second-order valence-electron chi connectivity index (χ2n) is 5.59. The molecule has 0 bridgehead atoms. The minimum Gasteiger partial charge on any atom is -0.480 e. The third kappa shape index (κ3) is 4.00. The monoisotopic (exact) mass is 255 g/mol. The molecule has 0 aliphatic heterocycles. The Labute approximate surface area is 109 Å². The maximum Gasteiger partial charge on any atom is 0.329 e. The van der Waals surface area contributed by atoms with E-state index < -0.39 is 11.5 Å². The summed E-state index contributed by atoms with van der Waals surface area (Å²) in [6.07, 6.45) is 6.46. The Bertz CT molecular complexity index is 295. The van der Waals surface area contributed by atoms with Crippen LogP contribution in [-0.4, -0.2) is 22.5 Å². The van der Waals surface area contributed by atoms with E-state index in [0.29, 0.717) is 25.2 Å². The van der Waals surface area contributed by atoms with Crippen molar-refractivity contribution in [3.8, 4) is 0 Å². The number of carbonyl (C=O) groups is 2. The number of hydrogen-bond donors (Lipinski definition) is 2. The van der Waals surface area contributed by atoms with Crippen LogP contribution in [0.3, 0.4) is 0 Å². The third-order valence-corrected chi connectivity index (χ3v) is 3.81. The van der Waals surface area contributed by atoms with Crippen LogP contribution >= 0.6 is 0 Å². The summed E-state index contributed by atoms with van der Waals surface area (Å²) < 4.78 is 0. The summed E-state index contributed by atoms with van der Waals surface area (Å²) in [5, 5.41) is 12.1. The molecule has 1 amide bonds. The highest BCUT2D eigenvalue weighted by Gasteiger charge is 2.40. The second kappa shape index (κ2) is 6.76. The molecule has 0 aromatic heterocycles. The van der Waals surface area contributed by atoms with Gasteiger partial charge >= 0.3 is 5.97 Å². The lowest BCUT2D eigenvalue weighted by molar-refractivity contribution is -0.149. The van der Waals surface area contributed by atoms with E-state index in [1.54, 1.807) is 0 Å². The van der Waals surface area contributed by atoms with E-state index in [1.807, 2.05) is 6.92 Å². The topological polar surface area (TPSA) is 66.4 Å². The summed E-state index contributed by atoms with van der Waals surface area (Å²) in [6.45, 7) is 4.13. The van der Waals surface area contributed by atoms with Crippen LogP contribution in [0.15, 0.2) is 0 Å². The van der Waals surface area contributed by atoms with Crippen molar-refractivity contribution < 1.29 is 14.7 Å². The van der Waals surface area contributed by atoms with Crippen molar-refractivity contribution >= 4 is 11.9 Å². The first kappa shape index (κ1) is 15.0. The molecule has 0 spiro atoms. The molecule has 1 atom stereocenters. The number of hydrogen-bond acceptors (Lipinski definition) is 2. The summed E-state index contributed by atoms with van der Waals surface area (Å²) in [5.74, 6) is -0.664. The largest absolute Gasteiger partial charge is 0.480 e. The van der Waals surface area contributed by atoms with Crippen molar-refractivity contribution in [1.82, 2.24) is 5.32 Å². The average molecular weight is 255 g/mol. The van der Waals surface area contributed by atoms with E-state index in [0.717, 1.165) is 32.1 Å².